The molecule has 7 nitrogen and oxygen atoms in total. The predicted molar refractivity (Wildman–Crippen MR) is 148 cm³/mol. The van der Waals surface area contributed by atoms with E-state index in [0.29, 0.717) is 36.9 Å². The average molecular weight is 558 g/mol. The smallest absolute Gasteiger partial charge is 0.280 e. The second-order valence-electron chi connectivity index (χ2n) is 9.45. The van der Waals surface area contributed by atoms with Crippen molar-refractivity contribution in [2.24, 2.45) is 0 Å². The maximum atomic E-state index is 13.4. The molecule has 1 aliphatic heterocycles. The number of thiophene rings is 1. The zero-order valence-corrected chi connectivity index (χ0v) is 22.9. The molecule has 0 bridgehead atoms. The van der Waals surface area contributed by atoms with Gasteiger partial charge in [0, 0.05) is 39.4 Å². The molecule has 37 heavy (non-hydrogen) atoms. The van der Waals surface area contributed by atoms with E-state index in [1.807, 2.05) is 48.5 Å². The van der Waals surface area contributed by atoms with Gasteiger partial charge in [-0.25, -0.2) is 0 Å². The Morgan fingerprint density at radius 2 is 1.86 bits per heavy atom. The molecule has 2 N–H and O–H groups in total. The summed E-state index contributed by atoms with van der Waals surface area (Å²) in [5, 5.41) is 12.0. The van der Waals surface area contributed by atoms with Gasteiger partial charge in [-0.15, -0.1) is 11.3 Å². The Labute approximate surface area is 225 Å². The Bertz CT molecular complexity index is 1530. The Balaban J connectivity index is 1.60. The maximum absolute atomic E-state index is 13.4. The fourth-order valence-corrected chi connectivity index (χ4v) is 7.28. The zero-order valence-electron chi connectivity index (χ0n) is 20.5. The lowest BCUT2D eigenvalue weighted by Gasteiger charge is -2.28. The highest BCUT2D eigenvalue weighted by molar-refractivity contribution is 7.87. The number of benzene rings is 2. The van der Waals surface area contributed by atoms with E-state index in [1.54, 1.807) is 32.2 Å². The third kappa shape index (κ3) is 5.58. The van der Waals surface area contributed by atoms with Gasteiger partial charge >= 0.3 is 0 Å². The number of aliphatic hydroxyl groups is 1. The van der Waals surface area contributed by atoms with E-state index < -0.39 is 21.9 Å². The molecule has 0 aliphatic carbocycles. The molecule has 2 aromatic carbocycles. The number of fused-ring (bicyclic) bond motifs is 1. The number of ether oxygens (including phenoxy) is 1. The third-order valence-corrected chi connectivity index (χ3v) is 9.55. The molecule has 1 fully saturated rings. The van der Waals surface area contributed by atoms with E-state index >= 15 is 0 Å². The first-order valence-electron chi connectivity index (χ1n) is 11.9. The molecule has 0 spiro atoms. The number of pyridine rings is 1. The molecule has 1 saturated heterocycles. The Kier molecular flexibility index (Phi) is 7.39. The van der Waals surface area contributed by atoms with Crippen molar-refractivity contribution in [1.29, 1.82) is 0 Å². The fourth-order valence-electron chi connectivity index (χ4n) is 4.38. The minimum absolute atomic E-state index is 0.296. The lowest BCUT2D eigenvalue weighted by molar-refractivity contribution is 0.0724. The quantitative estimate of drug-likeness (QED) is 0.330. The minimum atomic E-state index is -3.81. The van der Waals surface area contributed by atoms with Crippen molar-refractivity contribution in [3.63, 3.8) is 0 Å². The molecule has 0 saturated carbocycles. The van der Waals surface area contributed by atoms with Gasteiger partial charge in [0.25, 0.3) is 10.2 Å². The standard InChI is InChI=1S/C27H28ClN3O4S2/c1-27(2,32)19-10-11-29-23(17-19)21-8-5-6-18-16-24(36-26(18)21)25(20-7-3-4-9-22(20)28)30-37(33,34)31-12-14-35-15-13-31/h3-11,16-17,25,30,32H,12-15H2,1-2H3. The largest absolute Gasteiger partial charge is 0.386 e. The molecule has 1 aliphatic rings. The lowest BCUT2D eigenvalue weighted by Crippen LogP contribution is -2.47. The van der Waals surface area contributed by atoms with Crippen LogP contribution in [0.4, 0.5) is 0 Å². The van der Waals surface area contributed by atoms with Crippen LogP contribution in [0.25, 0.3) is 21.3 Å². The molecule has 3 heterocycles. The van der Waals surface area contributed by atoms with Crippen molar-refractivity contribution < 1.29 is 18.3 Å². The number of rotatable bonds is 7. The highest BCUT2D eigenvalue weighted by Gasteiger charge is 2.30. The minimum Gasteiger partial charge on any atom is -0.386 e. The maximum Gasteiger partial charge on any atom is 0.280 e. The van der Waals surface area contributed by atoms with Gasteiger partial charge in [-0.2, -0.15) is 17.4 Å². The van der Waals surface area contributed by atoms with E-state index in [1.165, 1.54) is 15.6 Å². The molecule has 4 aromatic rings. The first-order valence-corrected chi connectivity index (χ1v) is 14.6. The van der Waals surface area contributed by atoms with Crippen molar-refractivity contribution in [2.45, 2.75) is 25.5 Å². The summed E-state index contributed by atoms with van der Waals surface area (Å²) in [4.78, 5) is 5.38. The summed E-state index contributed by atoms with van der Waals surface area (Å²) in [6.45, 7) is 4.80. The predicted octanol–water partition coefficient (Wildman–Crippen LogP) is 5.10. The van der Waals surface area contributed by atoms with Gasteiger partial charge < -0.3 is 9.84 Å². The number of nitrogens with one attached hydrogen (secondary N) is 1. The molecule has 2 aromatic heterocycles. The monoisotopic (exact) mass is 557 g/mol. The molecule has 194 valence electrons. The number of nitrogens with zero attached hydrogens (tertiary/aromatic N) is 2. The van der Waals surface area contributed by atoms with E-state index in [-0.39, 0.29) is 0 Å². The number of halogens is 1. The second-order valence-corrected chi connectivity index (χ2v) is 12.6. The van der Waals surface area contributed by atoms with Crippen molar-refractivity contribution in [3.8, 4) is 11.3 Å². The molecule has 0 radical (unpaired) electrons. The van der Waals surface area contributed by atoms with Crippen LogP contribution < -0.4 is 4.72 Å². The van der Waals surface area contributed by atoms with Crippen LogP contribution in [-0.4, -0.2) is 49.1 Å². The van der Waals surface area contributed by atoms with Gasteiger partial charge in [-0.3, -0.25) is 4.98 Å². The summed E-state index contributed by atoms with van der Waals surface area (Å²) in [6, 6.07) is 18.2. The normalized spacial score (nSPS) is 16.2. The Morgan fingerprint density at radius 3 is 2.59 bits per heavy atom. The SMILES string of the molecule is CC(C)(O)c1ccnc(-c2cccc3cc(C(NS(=O)(=O)N4CCOCC4)c4ccccc4Cl)sc23)c1. The van der Waals surface area contributed by atoms with Crippen LogP contribution in [0.2, 0.25) is 5.02 Å². The molecular weight excluding hydrogens is 530 g/mol. The average Bonchev–Trinajstić information content (AvgIpc) is 3.32. The van der Waals surface area contributed by atoms with Crippen LogP contribution in [0.3, 0.4) is 0 Å². The van der Waals surface area contributed by atoms with Gasteiger partial charge in [0.2, 0.25) is 0 Å². The number of aromatic nitrogens is 1. The molecule has 1 unspecified atom stereocenters. The summed E-state index contributed by atoms with van der Waals surface area (Å²) in [5.41, 5.74) is 2.09. The molecular formula is C27H28ClN3O4S2. The number of morpholine rings is 1. The van der Waals surface area contributed by atoms with E-state index in [2.05, 4.69) is 9.71 Å². The van der Waals surface area contributed by atoms with E-state index in [9.17, 15) is 13.5 Å². The first-order chi connectivity index (χ1) is 17.6. The van der Waals surface area contributed by atoms with Crippen LogP contribution in [0, 0.1) is 0 Å². The molecule has 1 atom stereocenters. The van der Waals surface area contributed by atoms with Crippen LogP contribution in [-0.2, 0) is 20.5 Å². The summed E-state index contributed by atoms with van der Waals surface area (Å²) in [6.07, 6.45) is 1.69. The Morgan fingerprint density at radius 1 is 1.11 bits per heavy atom. The van der Waals surface area contributed by atoms with Gasteiger partial charge in [-0.05, 0) is 54.6 Å². The summed E-state index contributed by atoms with van der Waals surface area (Å²) in [7, 11) is -3.81. The molecule has 10 heteroatoms. The summed E-state index contributed by atoms with van der Waals surface area (Å²) < 4.78 is 37.4. The first kappa shape index (κ1) is 26.2. The van der Waals surface area contributed by atoms with Crippen LogP contribution in [0.5, 0.6) is 0 Å². The molecule has 0 amide bonds. The summed E-state index contributed by atoms with van der Waals surface area (Å²) >= 11 is 8.07. The van der Waals surface area contributed by atoms with E-state index in [4.69, 9.17) is 16.3 Å². The summed E-state index contributed by atoms with van der Waals surface area (Å²) in [5.74, 6) is 0. The highest BCUT2D eigenvalue weighted by Crippen LogP contribution is 2.40. The highest BCUT2D eigenvalue weighted by atomic mass is 35.5. The number of hydrogen-bond donors (Lipinski definition) is 2. The lowest BCUT2D eigenvalue weighted by atomic mass is 9.97. The van der Waals surface area contributed by atoms with Gasteiger partial charge in [0.1, 0.15) is 0 Å². The van der Waals surface area contributed by atoms with Crippen molar-refractivity contribution in [3.05, 3.63) is 87.9 Å². The zero-order chi connectivity index (χ0) is 26.2. The molecule has 5 rings (SSSR count). The van der Waals surface area contributed by atoms with Gasteiger partial charge in [-0.1, -0.05) is 48.0 Å². The third-order valence-electron chi connectivity index (χ3n) is 6.38. The van der Waals surface area contributed by atoms with E-state index in [0.717, 1.165) is 31.8 Å². The van der Waals surface area contributed by atoms with Crippen LogP contribution >= 0.6 is 22.9 Å². The Hall–Kier alpha value is -2.37. The number of hydrogen-bond acceptors (Lipinski definition) is 6. The second kappa shape index (κ2) is 10.4. The van der Waals surface area contributed by atoms with Crippen molar-refractivity contribution in [2.75, 3.05) is 26.3 Å². The fraction of sp³-hybridized carbons (Fsp3) is 0.296. The topological polar surface area (TPSA) is 91.8 Å². The van der Waals surface area contributed by atoms with Gasteiger partial charge in [0.15, 0.2) is 0 Å². The van der Waals surface area contributed by atoms with Crippen molar-refractivity contribution in [1.82, 2.24) is 14.0 Å². The van der Waals surface area contributed by atoms with Crippen LogP contribution in [0.1, 0.15) is 35.9 Å². The van der Waals surface area contributed by atoms with Gasteiger partial charge in [0.05, 0.1) is 30.6 Å². The van der Waals surface area contributed by atoms with Crippen molar-refractivity contribution >= 4 is 43.2 Å². The van der Waals surface area contributed by atoms with Crippen LogP contribution in [0.15, 0.2) is 66.9 Å².